The number of rotatable bonds is 4. The van der Waals surface area contributed by atoms with E-state index in [9.17, 15) is 13.2 Å². The van der Waals surface area contributed by atoms with Crippen LogP contribution in [0.3, 0.4) is 0 Å². The highest BCUT2D eigenvalue weighted by molar-refractivity contribution is 7.89. The predicted octanol–water partition coefficient (Wildman–Crippen LogP) is 2.20. The van der Waals surface area contributed by atoms with Gasteiger partial charge in [0.05, 0.1) is 11.3 Å². The van der Waals surface area contributed by atoms with Gasteiger partial charge in [-0.25, -0.2) is 8.42 Å². The monoisotopic (exact) mass is 388 g/mol. The minimum absolute atomic E-state index is 0.105. The van der Waals surface area contributed by atoms with Crippen LogP contribution >= 0.6 is 0 Å². The summed E-state index contributed by atoms with van der Waals surface area (Å²) in [5, 5.41) is 15.6. The summed E-state index contributed by atoms with van der Waals surface area (Å²) in [5.74, 6) is -0.250. The molecule has 0 saturated carbocycles. The highest BCUT2D eigenvalue weighted by Crippen LogP contribution is 2.28. The third kappa shape index (κ3) is 3.72. The van der Waals surface area contributed by atoms with Gasteiger partial charge in [-0.15, -0.1) is 0 Å². The van der Waals surface area contributed by atoms with E-state index in [1.807, 2.05) is 6.07 Å². The van der Waals surface area contributed by atoms with Gasteiger partial charge in [-0.3, -0.25) is 4.79 Å². The van der Waals surface area contributed by atoms with Crippen molar-refractivity contribution in [2.45, 2.75) is 31.6 Å². The first-order chi connectivity index (χ1) is 12.8. The van der Waals surface area contributed by atoms with Crippen LogP contribution in [0.15, 0.2) is 33.7 Å². The molecule has 1 aromatic carbocycles. The molecule has 1 fully saturated rings. The molecule has 0 aliphatic carbocycles. The molecule has 1 aromatic heterocycles. The first-order valence-electron chi connectivity index (χ1n) is 8.57. The Hall–Kier alpha value is -2.70. The zero-order chi connectivity index (χ0) is 19.6. The van der Waals surface area contributed by atoms with Crippen LogP contribution in [0.4, 0.5) is 5.69 Å². The lowest BCUT2D eigenvalue weighted by molar-refractivity contribution is -0.120. The van der Waals surface area contributed by atoms with Crippen molar-refractivity contribution in [3.8, 4) is 6.07 Å². The summed E-state index contributed by atoms with van der Waals surface area (Å²) in [7, 11) is -3.70. The van der Waals surface area contributed by atoms with Crippen LogP contribution in [0.5, 0.6) is 0 Å². The maximum absolute atomic E-state index is 12.8. The van der Waals surface area contributed by atoms with Crippen molar-refractivity contribution in [3.05, 3.63) is 41.3 Å². The third-order valence-electron chi connectivity index (χ3n) is 4.70. The summed E-state index contributed by atoms with van der Waals surface area (Å²) in [6.45, 7) is 3.64. The smallest absolute Gasteiger partial charge is 0.248 e. The molecule has 0 spiro atoms. The molecule has 1 saturated heterocycles. The molecule has 0 unspecified atom stereocenters. The summed E-state index contributed by atoms with van der Waals surface area (Å²) in [6.07, 6.45) is 0.812. The number of hydrogen-bond donors (Lipinski definition) is 1. The number of aromatic nitrogens is 1. The molecule has 0 atom stereocenters. The first kappa shape index (κ1) is 19.1. The average molecular weight is 388 g/mol. The highest BCUT2D eigenvalue weighted by Gasteiger charge is 2.35. The zero-order valence-electron chi connectivity index (χ0n) is 15.1. The Labute approximate surface area is 157 Å². The molecular weight excluding hydrogens is 368 g/mol. The van der Waals surface area contributed by atoms with Crippen LogP contribution in [0, 0.1) is 31.1 Å². The second-order valence-electron chi connectivity index (χ2n) is 6.48. The fraction of sp³-hybridized carbons (Fsp3) is 0.389. The fourth-order valence-electron chi connectivity index (χ4n) is 3.25. The number of nitriles is 1. The molecule has 1 aliphatic rings. The van der Waals surface area contributed by atoms with E-state index < -0.39 is 10.0 Å². The van der Waals surface area contributed by atoms with Crippen LogP contribution in [0.1, 0.15) is 29.9 Å². The molecule has 9 heteroatoms. The molecule has 1 N–H and O–H groups in total. The normalized spacial score (nSPS) is 16.0. The number of hydrogen-bond acceptors (Lipinski definition) is 6. The number of carbonyl (C=O) groups excluding carboxylic acids is 1. The Kier molecular flexibility index (Phi) is 5.30. The second-order valence-corrected chi connectivity index (χ2v) is 8.35. The van der Waals surface area contributed by atoms with E-state index in [1.54, 1.807) is 38.1 Å². The van der Waals surface area contributed by atoms with E-state index >= 15 is 0 Å². The summed E-state index contributed by atoms with van der Waals surface area (Å²) in [4.78, 5) is 12.6. The minimum Gasteiger partial charge on any atom is -0.360 e. The highest BCUT2D eigenvalue weighted by atomic mass is 32.2. The van der Waals surface area contributed by atoms with Gasteiger partial charge >= 0.3 is 0 Å². The van der Waals surface area contributed by atoms with Crippen molar-refractivity contribution in [1.82, 2.24) is 9.46 Å². The van der Waals surface area contributed by atoms with Crippen molar-refractivity contribution >= 4 is 21.6 Å². The van der Waals surface area contributed by atoms with Gasteiger partial charge in [0.15, 0.2) is 5.76 Å². The van der Waals surface area contributed by atoms with E-state index in [-0.39, 0.29) is 35.6 Å². The van der Waals surface area contributed by atoms with Gasteiger partial charge in [-0.1, -0.05) is 17.3 Å². The topological polar surface area (TPSA) is 116 Å². The maximum Gasteiger partial charge on any atom is 0.248 e. The number of carbonyl (C=O) groups is 1. The van der Waals surface area contributed by atoms with Gasteiger partial charge in [-0.2, -0.15) is 9.57 Å². The number of anilines is 1. The Bertz CT molecular complexity index is 979. The van der Waals surface area contributed by atoms with Gasteiger partial charge < -0.3 is 9.84 Å². The van der Waals surface area contributed by atoms with Crippen LogP contribution in [-0.2, 0) is 14.8 Å². The average Bonchev–Trinajstić information content (AvgIpc) is 3.01. The van der Waals surface area contributed by atoms with E-state index in [4.69, 9.17) is 9.78 Å². The lowest BCUT2D eigenvalue weighted by Gasteiger charge is -2.30. The van der Waals surface area contributed by atoms with E-state index in [2.05, 4.69) is 10.5 Å². The van der Waals surface area contributed by atoms with Crippen molar-refractivity contribution < 1.29 is 17.7 Å². The molecule has 0 bridgehead atoms. The fourth-order valence-corrected chi connectivity index (χ4v) is 5.02. The third-order valence-corrected chi connectivity index (χ3v) is 6.84. The number of para-hydroxylation sites is 1. The Morgan fingerprint density at radius 2 is 1.96 bits per heavy atom. The van der Waals surface area contributed by atoms with Gasteiger partial charge in [0.25, 0.3) is 0 Å². The SMILES string of the molecule is Cc1noc(C)c1S(=O)(=O)N1CCC(C(=O)Nc2ccccc2C#N)CC1. The van der Waals surface area contributed by atoms with Crippen LogP contribution in [0.25, 0.3) is 0 Å². The quantitative estimate of drug-likeness (QED) is 0.858. The van der Waals surface area contributed by atoms with Gasteiger partial charge in [-0.05, 0) is 38.8 Å². The summed E-state index contributed by atoms with van der Waals surface area (Å²) in [6, 6.07) is 8.82. The maximum atomic E-state index is 12.8. The number of aryl methyl sites for hydroxylation is 2. The summed E-state index contributed by atoms with van der Waals surface area (Å²) >= 11 is 0. The number of piperidine rings is 1. The number of nitrogens with zero attached hydrogens (tertiary/aromatic N) is 3. The lowest BCUT2D eigenvalue weighted by Crippen LogP contribution is -2.41. The molecular formula is C18H20N4O4S. The Morgan fingerprint density at radius 1 is 1.30 bits per heavy atom. The molecule has 1 amide bonds. The summed E-state index contributed by atoms with van der Waals surface area (Å²) in [5.41, 5.74) is 1.19. The van der Waals surface area contributed by atoms with Crippen molar-refractivity contribution in [2.75, 3.05) is 18.4 Å². The standard InChI is InChI=1S/C18H20N4O4S/c1-12-17(13(2)26-21-12)27(24,25)22-9-7-14(8-10-22)18(23)20-16-6-4-3-5-15(16)11-19/h3-6,14H,7-10H2,1-2H3,(H,20,23). The van der Waals surface area contributed by atoms with Crippen LogP contribution < -0.4 is 5.32 Å². The van der Waals surface area contributed by atoms with E-state index in [1.165, 1.54) is 4.31 Å². The Morgan fingerprint density at radius 3 is 2.56 bits per heavy atom. The molecule has 1 aliphatic heterocycles. The Balaban J connectivity index is 1.67. The molecule has 3 rings (SSSR count). The van der Waals surface area contributed by atoms with Crippen LogP contribution in [-0.4, -0.2) is 36.9 Å². The molecule has 2 heterocycles. The molecule has 8 nitrogen and oxygen atoms in total. The van der Waals surface area contributed by atoms with Gasteiger partial charge in [0.1, 0.15) is 16.7 Å². The van der Waals surface area contributed by atoms with Gasteiger partial charge in [0, 0.05) is 19.0 Å². The number of benzene rings is 1. The van der Waals surface area contributed by atoms with Gasteiger partial charge in [0.2, 0.25) is 15.9 Å². The molecule has 0 radical (unpaired) electrons. The molecule has 142 valence electrons. The second kappa shape index (κ2) is 7.50. The number of nitrogens with one attached hydrogen (secondary N) is 1. The summed E-state index contributed by atoms with van der Waals surface area (Å²) < 4.78 is 32.0. The largest absolute Gasteiger partial charge is 0.360 e. The first-order valence-corrected chi connectivity index (χ1v) is 10.0. The van der Waals surface area contributed by atoms with E-state index in [0.29, 0.717) is 29.8 Å². The van der Waals surface area contributed by atoms with Crippen molar-refractivity contribution in [1.29, 1.82) is 5.26 Å². The van der Waals surface area contributed by atoms with E-state index in [0.717, 1.165) is 0 Å². The number of sulfonamides is 1. The zero-order valence-corrected chi connectivity index (χ0v) is 15.9. The lowest BCUT2D eigenvalue weighted by atomic mass is 9.97. The predicted molar refractivity (Wildman–Crippen MR) is 97.2 cm³/mol. The minimum atomic E-state index is -3.70. The van der Waals surface area contributed by atoms with Crippen molar-refractivity contribution in [2.24, 2.45) is 5.92 Å². The number of amides is 1. The van der Waals surface area contributed by atoms with Crippen LogP contribution in [0.2, 0.25) is 0 Å². The molecule has 27 heavy (non-hydrogen) atoms. The molecule has 2 aromatic rings. The van der Waals surface area contributed by atoms with Crippen molar-refractivity contribution in [3.63, 3.8) is 0 Å².